The number of carbonyl (C=O) groups is 1. The Bertz CT molecular complexity index is 915. The first kappa shape index (κ1) is 16.9. The Balaban J connectivity index is 1.55. The van der Waals surface area contributed by atoms with Gasteiger partial charge in [0.05, 0.1) is 18.6 Å². The molecule has 0 aliphatic rings. The highest BCUT2D eigenvalue weighted by atomic mass is 32.1. The van der Waals surface area contributed by atoms with Crippen LogP contribution in [0.3, 0.4) is 0 Å². The van der Waals surface area contributed by atoms with Crippen molar-refractivity contribution in [2.75, 3.05) is 5.32 Å². The Morgan fingerprint density at radius 3 is 2.68 bits per heavy atom. The molecule has 25 heavy (non-hydrogen) atoms. The number of aromatic amines is 1. The quantitative estimate of drug-likeness (QED) is 0.635. The first-order valence-electron chi connectivity index (χ1n) is 7.80. The van der Waals surface area contributed by atoms with Crippen LogP contribution < -0.4 is 16.2 Å². The summed E-state index contributed by atoms with van der Waals surface area (Å²) in [5.41, 5.74) is 3.07. The van der Waals surface area contributed by atoms with Gasteiger partial charge in [-0.2, -0.15) is 0 Å². The van der Waals surface area contributed by atoms with Crippen molar-refractivity contribution in [1.29, 1.82) is 0 Å². The topological polar surface area (TPSA) is 86.9 Å². The predicted molar refractivity (Wildman–Crippen MR) is 98.9 cm³/mol. The van der Waals surface area contributed by atoms with Gasteiger partial charge in [-0.25, -0.2) is 4.98 Å². The summed E-state index contributed by atoms with van der Waals surface area (Å²) in [6.45, 7) is 3.07. The summed E-state index contributed by atoms with van der Waals surface area (Å²) in [4.78, 5) is 31.1. The third kappa shape index (κ3) is 4.54. The number of H-pyrrole nitrogens is 1. The maximum Gasteiger partial charge on any atom is 0.251 e. The minimum Gasteiger partial charge on any atom is -0.380 e. The van der Waals surface area contributed by atoms with Crippen LogP contribution in [0.5, 0.6) is 0 Å². The fraction of sp³-hybridized carbons (Fsp3) is 0.167. The molecule has 0 bridgehead atoms. The lowest BCUT2D eigenvalue weighted by Crippen LogP contribution is -2.24. The number of aryl methyl sites for hydroxylation is 1. The van der Waals surface area contributed by atoms with Gasteiger partial charge >= 0.3 is 0 Å². The first-order chi connectivity index (χ1) is 12.1. The lowest BCUT2D eigenvalue weighted by Gasteiger charge is -2.08. The number of thiophene rings is 1. The second kappa shape index (κ2) is 7.76. The highest BCUT2D eigenvalue weighted by Crippen LogP contribution is 2.18. The van der Waals surface area contributed by atoms with Gasteiger partial charge in [-0.1, -0.05) is 0 Å². The summed E-state index contributed by atoms with van der Waals surface area (Å²) in [7, 11) is 0. The van der Waals surface area contributed by atoms with E-state index in [0.717, 1.165) is 12.2 Å². The molecule has 2 heterocycles. The molecule has 0 spiro atoms. The van der Waals surface area contributed by atoms with E-state index in [2.05, 4.69) is 39.0 Å². The van der Waals surface area contributed by atoms with Crippen molar-refractivity contribution in [2.45, 2.75) is 20.0 Å². The van der Waals surface area contributed by atoms with E-state index in [1.807, 2.05) is 12.1 Å². The van der Waals surface area contributed by atoms with Gasteiger partial charge in [0.15, 0.2) is 0 Å². The number of nitrogens with one attached hydrogen (secondary N) is 3. The van der Waals surface area contributed by atoms with E-state index in [9.17, 15) is 9.59 Å². The minimum absolute atomic E-state index is 0.206. The molecule has 3 aromatic rings. The molecule has 128 valence electrons. The molecule has 1 aromatic carbocycles. The number of nitrogens with zero attached hydrogens (tertiary/aromatic N) is 1. The summed E-state index contributed by atoms with van der Waals surface area (Å²) >= 11 is 1.73. The standard InChI is InChI=1S/C18H18N4O2S/c1-12-6-7-25-16(12)10-19-14-4-2-13(3-5-14)18(24)20-9-15-8-17(23)22-11-21-15/h2-8,11,19H,9-10H2,1H3,(H,20,24)(H,21,22,23). The molecule has 7 heteroatoms. The van der Waals surface area contributed by atoms with Crippen LogP contribution in [-0.4, -0.2) is 15.9 Å². The number of benzene rings is 1. The Hall–Kier alpha value is -2.93. The number of hydrogen-bond acceptors (Lipinski definition) is 5. The van der Waals surface area contributed by atoms with Crippen LogP contribution in [0.15, 0.2) is 52.9 Å². The smallest absolute Gasteiger partial charge is 0.251 e. The van der Waals surface area contributed by atoms with Crippen LogP contribution in [0.2, 0.25) is 0 Å². The maximum absolute atomic E-state index is 12.2. The molecule has 0 saturated carbocycles. The van der Waals surface area contributed by atoms with Crippen LogP contribution in [0, 0.1) is 6.92 Å². The summed E-state index contributed by atoms with van der Waals surface area (Å²) in [6.07, 6.45) is 1.32. The number of hydrogen-bond donors (Lipinski definition) is 3. The Morgan fingerprint density at radius 1 is 1.20 bits per heavy atom. The minimum atomic E-state index is -0.240. The van der Waals surface area contributed by atoms with Crippen molar-refractivity contribution >= 4 is 22.9 Å². The van der Waals surface area contributed by atoms with Gasteiger partial charge in [0.25, 0.3) is 11.5 Å². The zero-order valence-electron chi connectivity index (χ0n) is 13.7. The highest BCUT2D eigenvalue weighted by Gasteiger charge is 2.06. The van der Waals surface area contributed by atoms with E-state index in [-0.39, 0.29) is 18.0 Å². The van der Waals surface area contributed by atoms with Crippen LogP contribution in [0.25, 0.3) is 0 Å². The van der Waals surface area contributed by atoms with Gasteiger partial charge in [-0.3, -0.25) is 9.59 Å². The Labute approximate surface area is 149 Å². The van der Waals surface area contributed by atoms with Crippen LogP contribution >= 0.6 is 11.3 Å². The second-order valence-corrected chi connectivity index (χ2v) is 6.54. The van der Waals surface area contributed by atoms with Crippen molar-refractivity contribution < 1.29 is 4.79 Å². The molecule has 3 rings (SSSR count). The van der Waals surface area contributed by atoms with Gasteiger partial charge in [-0.05, 0) is 48.2 Å². The number of anilines is 1. The SMILES string of the molecule is Cc1ccsc1CNc1ccc(C(=O)NCc2cc(=O)[nH]cn2)cc1. The van der Waals surface area contributed by atoms with E-state index in [1.165, 1.54) is 22.8 Å². The van der Waals surface area contributed by atoms with E-state index in [4.69, 9.17) is 0 Å². The molecule has 0 atom stereocenters. The van der Waals surface area contributed by atoms with E-state index in [0.29, 0.717) is 11.3 Å². The molecule has 0 saturated heterocycles. The van der Waals surface area contributed by atoms with Crippen LogP contribution in [-0.2, 0) is 13.1 Å². The maximum atomic E-state index is 12.2. The molecule has 0 unspecified atom stereocenters. The summed E-state index contributed by atoms with van der Waals surface area (Å²) in [6, 6.07) is 10.8. The van der Waals surface area contributed by atoms with Crippen molar-refractivity contribution in [3.05, 3.63) is 80.2 Å². The first-order valence-corrected chi connectivity index (χ1v) is 8.68. The van der Waals surface area contributed by atoms with Gasteiger partial charge in [0.1, 0.15) is 0 Å². The van der Waals surface area contributed by atoms with Crippen LogP contribution in [0.4, 0.5) is 5.69 Å². The molecule has 0 aliphatic carbocycles. The lowest BCUT2D eigenvalue weighted by molar-refractivity contribution is 0.0950. The van der Waals surface area contributed by atoms with Crippen molar-refractivity contribution in [3.8, 4) is 0 Å². The molecule has 0 radical (unpaired) electrons. The third-order valence-electron chi connectivity index (χ3n) is 3.73. The largest absolute Gasteiger partial charge is 0.380 e. The number of carbonyl (C=O) groups excluding carboxylic acids is 1. The van der Waals surface area contributed by atoms with Crippen molar-refractivity contribution in [3.63, 3.8) is 0 Å². The normalized spacial score (nSPS) is 10.4. The zero-order chi connectivity index (χ0) is 17.6. The van der Waals surface area contributed by atoms with Gasteiger partial charge in [-0.15, -0.1) is 11.3 Å². The summed E-state index contributed by atoms with van der Waals surface area (Å²) in [5.74, 6) is -0.206. The van der Waals surface area contributed by atoms with E-state index < -0.39 is 0 Å². The average Bonchev–Trinajstić information content (AvgIpc) is 3.03. The fourth-order valence-electron chi connectivity index (χ4n) is 2.29. The molecular formula is C18H18N4O2S. The molecule has 0 aliphatic heterocycles. The second-order valence-electron chi connectivity index (χ2n) is 5.54. The predicted octanol–water partition coefficient (Wildman–Crippen LogP) is 2.68. The summed E-state index contributed by atoms with van der Waals surface area (Å²) in [5, 5.41) is 8.18. The summed E-state index contributed by atoms with van der Waals surface area (Å²) < 4.78 is 0. The lowest BCUT2D eigenvalue weighted by atomic mass is 10.2. The fourth-order valence-corrected chi connectivity index (χ4v) is 3.13. The van der Waals surface area contributed by atoms with E-state index >= 15 is 0 Å². The molecule has 1 amide bonds. The van der Waals surface area contributed by atoms with Gasteiger partial charge in [0.2, 0.25) is 0 Å². The monoisotopic (exact) mass is 354 g/mol. The molecule has 0 fully saturated rings. The van der Waals surface area contributed by atoms with Crippen molar-refractivity contribution in [2.24, 2.45) is 0 Å². The van der Waals surface area contributed by atoms with Crippen LogP contribution in [0.1, 0.15) is 26.5 Å². The number of aromatic nitrogens is 2. The Kier molecular flexibility index (Phi) is 5.25. The average molecular weight is 354 g/mol. The van der Waals surface area contributed by atoms with Gasteiger partial charge < -0.3 is 15.6 Å². The number of amides is 1. The molecule has 6 nitrogen and oxygen atoms in total. The van der Waals surface area contributed by atoms with Crippen molar-refractivity contribution in [1.82, 2.24) is 15.3 Å². The Morgan fingerprint density at radius 2 is 2.00 bits per heavy atom. The molecule has 3 N–H and O–H groups in total. The third-order valence-corrected chi connectivity index (χ3v) is 4.76. The van der Waals surface area contributed by atoms with Gasteiger partial charge in [0, 0.05) is 28.7 Å². The van der Waals surface area contributed by atoms with E-state index in [1.54, 1.807) is 23.5 Å². The molecular weight excluding hydrogens is 336 g/mol. The zero-order valence-corrected chi connectivity index (χ0v) is 14.5. The highest BCUT2D eigenvalue weighted by molar-refractivity contribution is 7.10. The molecule has 2 aromatic heterocycles. The number of rotatable bonds is 6.